The van der Waals surface area contributed by atoms with Crippen LogP contribution in [0.15, 0.2) is 73.4 Å². The number of methoxy groups -OCH3 is 1. The summed E-state index contributed by atoms with van der Waals surface area (Å²) in [5, 5.41) is 5.69. The molecule has 2 saturated heterocycles. The number of allylic oxidation sites excluding steroid dienone is 1. The summed E-state index contributed by atoms with van der Waals surface area (Å²) < 4.78 is 14.3. The first kappa shape index (κ1) is 51.7. The Morgan fingerprint density at radius 2 is 1.81 bits per heavy atom. The van der Waals surface area contributed by atoms with Gasteiger partial charge in [-0.15, -0.1) is 0 Å². The first-order valence-corrected chi connectivity index (χ1v) is 24.2. The van der Waals surface area contributed by atoms with Crippen molar-refractivity contribution in [1.29, 1.82) is 0 Å². The maximum atomic E-state index is 14.7. The highest BCUT2D eigenvalue weighted by Gasteiger charge is 2.43. The number of nitrogens with zero attached hydrogens (tertiary/aromatic N) is 5. The monoisotopic (exact) mass is 932 g/mol. The van der Waals surface area contributed by atoms with E-state index in [2.05, 4.69) is 97.8 Å². The zero-order valence-corrected chi connectivity index (χ0v) is 42.0. The van der Waals surface area contributed by atoms with Gasteiger partial charge in [-0.25, -0.2) is 5.43 Å². The molecule has 6 bridgehead atoms. The highest BCUT2D eigenvalue weighted by Crippen LogP contribution is 2.42. The van der Waals surface area contributed by atoms with Crippen LogP contribution in [0.4, 0.5) is 0 Å². The molecule has 3 aliphatic heterocycles. The van der Waals surface area contributed by atoms with Gasteiger partial charge in [0.25, 0.3) is 5.91 Å². The molecular weight excluding hydrogens is 859 g/mol. The van der Waals surface area contributed by atoms with Crippen LogP contribution < -0.4 is 10.7 Å². The molecule has 14 heteroatoms. The summed E-state index contributed by atoms with van der Waals surface area (Å²) in [6.45, 7) is 21.4. The lowest BCUT2D eigenvalue weighted by Crippen LogP contribution is -2.62. The largest absolute Gasteiger partial charge is 0.464 e. The summed E-state index contributed by atoms with van der Waals surface area (Å²) in [5.41, 5.74) is 10.7. The van der Waals surface area contributed by atoms with Gasteiger partial charge in [-0.3, -0.25) is 34.0 Å². The number of carbonyl (C=O) groups excluding carboxylic acids is 5. The van der Waals surface area contributed by atoms with Gasteiger partial charge in [-0.2, -0.15) is 0 Å². The molecule has 0 saturated carbocycles. The van der Waals surface area contributed by atoms with Crippen LogP contribution in [0.25, 0.3) is 33.3 Å². The van der Waals surface area contributed by atoms with Gasteiger partial charge in [-0.1, -0.05) is 71.5 Å². The van der Waals surface area contributed by atoms with Gasteiger partial charge in [0, 0.05) is 74.3 Å². The van der Waals surface area contributed by atoms with E-state index in [1.165, 1.54) is 11.1 Å². The number of aldehydes is 1. The van der Waals surface area contributed by atoms with E-state index in [1.807, 2.05) is 46.0 Å². The smallest absolute Gasteiger partial charge is 0.324 e. The van der Waals surface area contributed by atoms with Gasteiger partial charge in [0.05, 0.1) is 30.0 Å². The lowest BCUT2D eigenvalue weighted by atomic mass is 9.84. The van der Waals surface area contributed by atoms with E-state index >= 15 is 0 Å². The van der Waals surface area contributed by atoms with Gasteiger partial charge < -0.3 is 29.2 Å². The van der Waals surface area contributed by atoms with Crippen molar-refractivity contribution in [2.45, 2.75) is 118 Å². The Morgan fingerprint density at radius 1 is 1.09 bits per heavy atom. The number of aryl methyl sites for hydroxylation is 1. The van der Waals surface area contributed by atoms with Gasteiger partial charge >= 0.3 is 5.97 Å². The molecule has 5 heterocycles. The predicted octanol–water partition coefficient (Wildman–Crippen LogP) is 7.19. The molecule has 68 heavy (non-hydrogen) atoms. The number of pyridine rings is 1. The first-order chi connectivity index (χ1) is 32.4. The number of hydrogen-bond donors (Lipinski definition) is 2. The van der Waals surface area contributed by atoms with Crippen LogP contribution in [-0.2, 0) is 52.8 Å². The molecule has 366 valence electrons. The Labute approximate surface area is 402 Å². The third-order valence-electron chi connectivity index (χ3n) is 14.3. The summed E-state index contributed by atoms with van der Waals surface area (Å²) >= 11 is 0. The standard InChI is InChI=1S/C51H69N7O6.C3H4O/c1-12-57-43-21-20-36-26-38(43)39(46(57)37-18-14-22-52-44(37)33(6)63-11)27-51(7,8)29-64-50(62)41-19-15-23-58(54-41)49(61)42(25-34-16-13-17-35(36)24-34)53-47(59)45(30(2)3)56(10)48(60)40-28-55(9)32(5)31(40)4;1-2-3-4/h13-14,16-18,20-22,24,26,30-33,40-42,45,54H,12,15,19,23,25,27-29H2,1-11H3,(H,53,59);2-3H,1H2/t31?,32?,33?,40?,41-,42?,45?;/m0./s1. The van der Waals surface area contributed by atoms with Crippen LogP contribution >= 0.6 is 0 Å². The molecular formula is C54H73N7O7. The maximum absolute atomic E-state index is 14.7. The van der Waals surface area contributed by atoms with Gasteiger partial charge in [0.2, 0.25) is 11.8 Å². The third kappa shape index (κ3) is 11.1. The fourth-order valence-electron chi connectivity index (χ4n) is 10.3. The van der Waals surface area contributed by atoms with Crippen molar-refractivity contribution in [3.8, 4) is 22.4 Å². The number of hydrazine groups is 1. The van der Waals surface area contributed by atoms with E-state index in [4.69, 9.17) is 19.3 Å². The molecule has 6 unspecified atom stereocenters. The minimum atomic E-state index is -0.998. The molecule has 3 amide bonds. The van der Waals surface area contributed by atoms with Crippen molar-refractivity contribution >= 4 is 40.9 Å². The normalized spacial score (nSPS) is 22.9. The number of likely N-dealkylation sites (tertiary alicyclic amines) is 1. The van der Waals surface area contributed by atoms with Crippen molar-refractivity contribution in [2.75, 3.05) is 40.9 Å². The molecule has 0 spiro atoms. The number of ether oxygens (including phenoxy) is 2. The zero-order chi connectivity index (χ0) is 49.6. The van der Waals surface area contributed by atoms with Gasteiger partial charge in [0.1, 0.15) is 24.4 Å². The van der Waals surface area contributed by atoms with Crippen LogP contribution in [0.5, 0.6) is 0 Å². The molecule has 14 nitrogen and oxygen atoms in total. The summed E-state index contributed by atoms with van der Waals surface area (Å²) in [7, 11) is 5.43. The Kier molecular flexibility index (Phi) is 16.8. The zero-order valence-electron chi connectivity index (χ0n) is 42.0. The number of esters is 1. The second-order valence-corrected chi connectivity index (χ2v) is 20.0. The number of likely N-dealkylation sites (N-methyl/N-ethyl adjacent to an activating group) is 1. The van der Waals surface area contributed by atoms with Gasteiger partial charge in [0.15, 0.2) is 0 Å². The Morgan fingerprint density at radius 3 is 2.46 bits per heavy atom. The predicted molar refractivity (Wildman–Crippen MR) is 266 cm³/mol. The molecule has 7 rings (SSSR count). The maximum Gasteiger partial charge on any atom is 0.324 e. The second-order valence-electron chi connectivity index (χ2n) is 20.0. The Hall–Kier alpha value is -5.70. The van der Waals surface area contributed by atoms with E-state index in [1.54, 1.807) is 25.3 Å². The average Bonchev–Trinajstić information content (AvgIpc) is 3.78. The van der Waals surface area contributed by atoms with Crippen molar-refractivity contribution in [2.24, 2.45) is 23.2 Å². The average molecular weight is 932 g/mol. The second kappa shape index (κ2) is 22.2. The molecule has 0 aliphatic carbocycles. The van der Waals surface area contributed by atoms with E-state index in [0.717, 1.165) is 50.1 Å². The molecule has 2 aromatic heterocycles. The molecule has 4 aromatic rings. The first-order valence-electron chi connectivity index (χ1n) is 24.2. The number of amides is 3. The van der Waals surface area contributed by atoms with Crippen molar-refractivity contribution in [3.05, 3.63) is 90.3 Å². The summed E-state index contributed by atoms with van der Waals surface area (Å²) in [4.78, 5) is 74.9. The molecule has 7 atom stereocenters. The minimum Gasteiger partial charge on any atom is -0.464 e. The summed E-state index contributed by atoms with van der Waals surface area (Å²) in [5.74, 6) is -1.60. The number of benzene rings is 2. The fourth-order valence-corrected chi connectivity index (χ4v) is 10.3. The molecule has 2 fully saturated rings. The molecule has 3 aliphatic rings. The van der Waals surface area contributed by atoms with Crippen LogP contribution in [0.1, 0.15) is 91.2 Å². The fraction of sp³-hybridized carbons (Fsp3) is 0.519. The summed E-state index contributed by atoms with van der Waals surface area (Å²) in [6.07, 6.45) is 5.26. The molecule has 2 N–H and O–H groups in total. The van der Waals surface area contributed by atoms with Crippen molar-refractivity contribution in [1.82, 2.24) is 35.1 Å². The lowest BCUT2D eigenvalue weighted by molar-refractivity contribution is -0.155. The number of nitrogens with one attached hydrogen (secondary N) is 2. The number of rotatable bonds is 10. The van der Waals surface area contributed by atoms with Crippen LogP contribution in [-0.4, -0.2) is 119 Å². The molecule has 0 radical (unpaired) electrons. The van der Waals surface area contributed by atoms with E-state index in [9.17, 15) is 19.2 Å². The number of cyclic esters (lactones) is 1. The van der Waals surface area contributed by atoms with E-state index in [-0.39, 0.29) is 54.7 Å². The number of aromatic nitrogens is 2. The van der Waals surface area contributed by atoms with Crippen LogP contribution in [0, 0.1) is 23.2 Å². The lowest BCUT2D eigenvalue weighted by Gasteiger charge is -2.37. The van der Waals surface area contributed by atoms with Crippen molar-refractivity contribution in [3.63, 3.8) is 0 Å². The minimum absolute atomic E-state index is 0.0737. The van der Waals surface area contributed by atoms with Crippen LogP contribution in [0.3, 0.4) is 0 Å². The Bertz CT molecular complexity index is 2470. The van der Waals surface area contributed by atoms with Gasteiger partial charge in [-0.05, 0) is 112 Å². The van der Waals surface area contributed by atoms with E-state index < -0.39 is 35.4 Å². The third-order valence-corrected chi connectivity index (χ3v) is 14.3. The molecule has 2 aromatic carbocycles. The SMILES string of the molecule is C=CC=O.CCn1c(-c2cccnc2C(C)OC)c2c3cc(ccc31)-c1cccc(c1)CC(NC(=O)C(C(C)C)N(C)C(=O)C1CN(C)C(C)C1C)C(=O)N1CCC[C@H](N1)C(=O)OCC(C)(C)C2. The quantitative estimate of drug-likeness (QED) is 0.0949. The highest BCUT2D eigenvalue weighted by molar-refractivity contribution is 5.96. The topological polar surface area (TPSA) is 155 Å². The highest BCUT2D eigenvalue weighted by atomic mass is 16.5. The number of carbonyl (C=O) groups is 5. The van der Waals surface area contributed by atoms with Crippen LogP contribution in [0.2, 0.25) is 0 Å². The van der Waals surface area contributed by atoms with Crippen molar-refractivity contribution < 1.29 is 33.4 Å². The number of fused-ring (bicyclic) bond motifs is 6. The van der Waals surface area contributed by atoms with E-state index in [0.29, 0.717) is 45.2 Å². The Balaban J connectivity index is 0.00000183. The summed E-state index contributed by atoms with van der Waals surface area (Å²) in [6, 6.07) is 16.5. The number of hydrogen-bond acceptors (Lipinski definition) is 10.